The summed E-state index contributed by atoms with van der Waals surface area (Å²) in [4.78, 5) is 0. The molecule has 2 rings (SSSR count). The van der Waals surface area contributed by atoms with E-state index in [-0.39, 0.29) is 0 Å². The summed E-state index contributed by atoms with van der Waals surface area (Å²) >= 11 is 0. The van der Waals surface area contributed by atoms with Crippen molar-refractivity contribution >= 4 is 0 Å². The Kier molecular flexibility index (Phi) is 4.83. The van der Waals surface area contributed by atoms with Gasteiger partial charge < -0.3 is 14.8 Å². The Labute approximate surface area is 105 Å². The summed E-state index contributed by atoms with van der Waals surface area (Å²) in [5.41, 5.74) is 0. The Bertz CT molecular complexity index is 226. The molecule has 0 bridgehead atoms. The quantitative estimate of drug-likeness (QED) is 0.801. The molecule has 1 saturated heterocycles. The van der Waals surface area contributed by atoms with Crippen molar-refractivity contribution < 1.29 is 9.47 Å². The lowest BCUT2D eigenvalue weighted by molar-refractivity contribution is -0.0415. The molecule has 1 heterocycles. The van der Waals surface area contributed by atoms with Crippen LogP contribution in [0.2, 0.25) is 0 Å². The summed E-state index contributed by atoms with van der Waals surface area (Å²) < 4.78 is 11.4. The lowest BCUT2D eigenvalue weighted by Gasteiger charge is -2.40. The molecule has 0 radical (unpaired) electrons. The third-order valence-corrected chi connectivity index (χ3v) is 4.03. The van der Waals surface area contributed by atoms with Crippen LogP contribution in [0.25, 0.3) is 0 Å². The van der Waals surface area contributed by atoms with Gasteiger partial charge in [0, 0.05) is 25.3 Å². The van der Waals surface area contributed by atoms with Gasteiger partial charge in [0.1, 0.15) is 0 Å². The standard InChI is InChI=1S/C14H27NO2/c1-4-16-13-7-12(8-13)15-11-5-6-17-14(9-11)10(2)3/h10-15H,4-9H2,1-3H3. The van der Waals surface area contributed by atoms with Crippen LogP contribution in [-0.2, 0) is 9.47 Å². The van der Waals surface area contributed by atoms with Gasteiger partial charge in [-0.05, 0) is 38.5 Å². The van der Waals surface area contributed by atoms with E-state index in [1.165, 1.54) is 25.7 Å². The van der Waals surface area contributed by atoms with Gasteiger partial charge in [0.25, 0.3) is 0 Å². The Hall–Kier alpha value is -0.120. The molecule has 0 amide bonds. The highest BCUT2D eigenvalue weighted by Gasteiger charge is 2.33. The lowest BCUT2D eigenvalue weighted by Crippen LogP contribution is -2.52. The second kappa shape index (κ2) is 6.17. The molecule has 1 saturated carbocycles. The molecule has 3 heteroatoms. The number of nitrogens with one attached hydrogen (secondary N) is 1. The Morgan fingerprint density at radius 1 is 1.24 bits per heavy atom. The van der Waals surface area contributed by atoms with Crippen LogP contribution in [0, 0.1) is 5.92 Å². The van der Waals surface area contributed by atoms with Gasteiger partial charge >= 0.3 is 0 Å². The minimum absolute atomic E-state index is 0.448. The van der Waals surface area contributed by atoms with E-state index < -0.39 is 0 Å². The van der Waals surface area contributed by atoms with Gasteiger partial charge in [-0.15, -0.1) is 0 Å². The molecule has 3 nitrogen and oxygen atoms in total. The molecule has 1 N–H and O–H groups in total. The zero-order valence-electron chi connectivity index (χ0n) is 11.4. The van der Waals surface area contributed by atoms with E-state index in [0.29, 0.717) is 30.2 Å². The monoisotopic (exact) mass is 241 g/mol. The highest BCUT2D eigenvalue weighted by atomic mass is 16.5. The summed E-state index contributed by atoms with van der Waals surface area (Å²) in [5.74, 6) is 0.636. The number of hydrogen-bond donors (Lipinski definition) is 1. The summed E-state index contributed by atoms with van der Waals surface area (Å²) in [6.07, 6.45) is 5.68. The van der Waals surface area contributed by atoms with E-state index in [4.69, 9.17) is 9.47 Å². The van der Waals surface area contributed by atoms with Crippen molar-refractivity contribution in [3.05, 3.63) is 0 Å². The third kappa shape index (κ3) is 3.67. The van der Waals surface area contributed by atoms with Gasteiger partial charge in [0.15, 0.2) is 0 Å². The minimum atomic E-state index is 0.448. The van der Waals surface area contributed by atoms with Crippen LogP contribution < -0.4 is 5.32 Å². The average Bonchev–Trinajstić information content (AvgIpc) is 2.27. The molecule has 2 atom stereocenters. The summed E-state index contributed by atoms with van der Waals surface area (Å²) in [5, 5.41) is 3.77. The minimum Gasteiger partial charge on any atom is -0.378 e. The lowest BCUT2D eigenvalue weighted by atomic mass is 9.87. The maximum atomic E-state index is 5.80. The van der Waals surface area contributed by atoms with Crippen molar-refractivity contribution in [3.63, 3.8) is 0 Å². The Balaban J connectivity index is 1.66. The van der Waals surface area contributed by atoms with Gasteiger partial charge in [-0.3, -0.25) is 0 Å². The molecule has 1 aliphatic heterocycles. The summed E-state index contributed by atoms with van der Waals surface area (Å²) in [6.45, 7) is 8.35. The number of rotatable bonds is 5. The topological polar surface area (TPSA) is 30.5 Å². The van der Waals surface area contributed by atoms with Crippen LogP contribution in [0.4, 0.5) is 0 Å². The van der Waals surface area contributed by atoms with Gasteiger partial charge in [-0.2, -0.15) is 0 Å². The maximum Gasteiger partial charge on any atom is 0.0612 e. The van der Waals surface area contributed by atoms with Crippen molar-refractivity contribution in [1.29, 1.82) is 0 Å². The van der Waals surface area contributed by atoms with Crippen LogP contribution in [0.15, 0.2) is 0 Å². The predicted octanol–water partition coefficient (Wildman–Crippen LogP) is 2.35. The molecule has 1 aliphatic carbocycles. The van der Waals surface area contributed by atoms with Gasteiger partial charge in [-0.25, -0.2) is 0 Å². The van der Waals surface area contributed by atoms with Crippen LogP contribution in [0.5, 0.6) is 0 Å². The molecule has 2 unspecified atom stereocenters. The maximum absolute atomic E-state index is 5.80. The molecular formula is C14H27NO2. The van der Waals surface area contributed by atoms with Crippen molar-refractivity contribution in [2.24, 2.45) is 5.92 Å². The summed E-state index contributed by atoms with van der Waals surface area (Å²) in [7, 11) is 0. The molecule has 2 fully saturated rings. The molecule has 0 aromatic rings. The molecule has 17 heavy (non-hydrogen) atoms. The van der Waals surface area contributed by atoms with E-state index in [1.807, 2.05) is 0 Å². The Morgan fingerprint density at radius 3 is 2.65 bits per heavy atom. The molecule has 0 aromatic carbocycles. The number of ether oxygens (including phenoxy) is 2. The van der Waals surface area contributed by atoms with Crippen molar-refractivity contribution in [2.75, 3.05) is 13.2 Å². The van der Waals surface area contributed by atoms with Crippen molar-refractivity contribution in [2.45, 2.75) is 70.7 Å². The second-order valence-electron chi connectivity index (χ2n) is 5.79. The molecule has 2 aliphatic rings. The molecular weight excluding hydrogens is 214 g/mol. The first kappa shape index (κ1) is 13.3. The van der Waals surface area contributed by atoms with E-state index >= 15 is 0 Å². The predicted molar refractivity (Wildman–Crippen MR) is 69.2 cm³/mol. The van der Waals surface area contributed by atoms with E-state index in [9.17, 15) is 0 Å². The molecule has 100 valence electrons. The van der Waals surface area contributed by atoms with E-state index in [1.54, 1.807) is 0 Å². The third-order valence-electron chi connectivity index (χ3n) is 4.03. The largest absolute Gasteiger partial charge is 0.378 e. The highest BCUT2D eigenvalue weighted by Crippen LogP contribution is 2.26. The highest BCUT2D eigenvalue weighted by molar-refractivity contribution is 4.90. The normalized spacial score (nSPS) is 38.1. The SMILES string of the molecule is CCOC1CC(NC2CCOC(C(C)C)C2)C1. The van der Waals surface area contributed by atoms with Crippen LogP contribution >= 0.6 is 0 Å². The van der Waals surface area contributed by atoms with Crippen molar-refractivity contribution in [3.8, 4) is 0 Å². The smallest absolute Gasteiger partial charge is 0.0612 e. The fourth-order valence-corrected chi connectivity index (χ4v) is 2.85. The van der Waals surface area contributed by atoms with Crippen molar-refractivity contribution in [1.82, 2.24) is 5.32 Å². The molecule has 0 aromatic heterocycles. The van der Waals surface area contributed by atoms with Crippen LogP contribution in [0.1, 0.15) is 46.5 Å². The number of hydrogen-bond acceptors (Lipinski definition) is 3. The average molecular weight is 241 g/mol. The zero-order valence-corrected chi connectivity index (χ0v) is 11.4. The Morgan fingerprint density at radius 2 is 2.00 bits per heavy atom. The van der Waals surface area contributed by atoms with Gasteiger partial charge in [0.2, 0.25) is 0 Å². The molecule has 0 spiro atoms. The first-order chi connectivity index (χ1) is 8.19. The second-order valence-corrected chi connectivity index (χ2v) is 5.79. The van der Waals surface area contributed by atoms with Crippen LogP contribution in [-0.4, -0.2) is 37.5 Å². The zero-order chi connectivity index (χ0) is 12.3. The summed E-state index contributed by atoms with van der Waals surface area (Å²) in [6, 6.07) is 1.34. The first-order valence-electron chi connectivity index (χ1n) is 7.18. The van der Waals surface area contributed by atoms with Gasteiger partial charge in [0.05, 0.1) is 12.2 Å². The fraction of sp³-hybridized carbons (Fsp3) is 1.00. The first-order valence-corrected chi connectivity index (χ1v) is 7.18. The fourth-order valence-electron chi connectivity index (χ4n) is 2.85. The van der Waals surface area contributed by atoms with E-state index in [2.05, 4.69) is 26.1 Å². The van der Waals surface area contributed by atoms with Crippen LogP contribution in [0.3, 0.4) is 0 Å². The van der Waals surface area contributed by atoms with E-state index in [0.717, 1.165) is 13.2 Å². The van der Waals surface area contributed by atoms with Gasteiger partial charge in [-0.1, -0.05) is 13.8 Å².